The Kier molecular flexibility index (Phi) is 4.99. The number of hydrogen-bond donors (Lipinski definition) is 3. The lowest BCUT2D eigenvalue weighted by molar-refractivity contribution is -0.144. The molecule has 0 bridgehead atoms. The van der Waals surface area contributed by atoms with E-state index in [2.05, 4.69) is 10.6 Å². The highest BCUT2D eigenvalue weighted by atomic mass is 16.5. The molecule has 0 radical (unpaired) electrons. The Bertz CT molecular complexity index is 367. The molecule has 0 aliphatic heterocycles. The molecule has 2 fully saturated rings. The van der Waals surface area contributed by atoms with E-state index in [0.29, 0.717) is 0 Å². The fraction of sp³-hybridized carbons (Fsp3) is 0.857. The summed E-state index contributed by atoms with van der Waals surface area (Å²) < 4.78 is 5.81. The van der Waals surface area contributed by atoms with Gasteiger partial charge in [0.25, 0.3) is 0 Å². The third kappa shape index (κ3) is 2.96. The van der Waals surface area contributed by atoms with Crippen molar-refractivity contribution in [1.82, 2.24) is 10.6 Å². The van der Waals surface area contributed by atoms with E-state index in [4.69, 9.17) is 10.5 Å². The second-order valence-corrected chi connectivity index (χ2v) is 5.72. The Morgan fingerprint density at radius 2 is 2.00 bits per heavy atom. The largest absolute Gasteiger partial charge is 0.378 e. The molecule has 2 unspecified atom stereocenters. The molecule has 0 aromatic rings. The first-order valence-electron chi connectivity index (χ1n) is 7.50. The number of amides is 2. The molecule has 2 atom stereocenters. The molecule has 6 nitrogen and oxygen atoms in total. The molecule has 4 N–H and O–H groups in total. The first-order chi connectivity index (χ1) is 9.62. The van der Waals surface area contributed by atoms with E-state index >= 15 is 0 Å². The standard InChI is InChI=1S/C14H25N3O3/c1-2-20-11-7-10(14(11)5-3-4-6-14)17-13(19)9-16-12(18)8-15/h10-11H,2-9,15H2,1H3,(H,16,18)(H,17,19). The highest BCUT2D eigenvalue weighted by Gasteiger charge is 2.57. The number of nitrogens with two attached hydrogens (primary N) is 1. The van der Waals surface area contributed by atoms with Crippen LogP contribution in [0.2, 0.25) is 0 Å². The van der Waals surface area contributed by atoms with Crippen molar-refractivity contribution in [2.45, 2.75) is 51.2 Å². The zero-order valence-corrected chi connectivity index (χ0v) is 12.1. The van der Waals surface area contributed by atoms with Crippen molar-refractivity contribution >= 4 is 11.8 Å². The third-order valence-electron chi connectivity index (χ3n) is 4.65. The topological polar surface area (TPSA) is 93.5 Å². The molecule has 20 heavy (non-hydrogen) atoms. The van der Waals surface area contributed by atoms with Crippen LogP contribution in [0, 0.1) is 5.41 Å². The van der Waals surface area contributed by atoms with Crippen molar-refractivity contribution in [3.63, 3.8) is 0 Å². The van der Waals surface area contributed by atoms with Crippen molar-refractivity contribution in [3.8, 4) is 0 Å². The molecule has 2 aliphatic carbocycles. The summed E-state index contributed by atoms with van der Waals surface area (Å²) in [6.07, 6.45) is 5.82. The quantitative estimate of drug-likeness (QED) is 0.635. The minimum absolute atomic E-state index is 0.00190. The van der Waals surface area contributed by atoms with Gasteiger partial charge in [-0.15, -0.1) is 0 Å². The fourth-order valence-electron chi connectivity index (χ4n) is 3.59. The van der Waals surface area contributed by atoms with E-state index < -0.39 is 0 Å². The summed E-state index contributed by atoms with van der Waals surface area (Å²) in [5.74, 6) is -0.449. The van der Waals surface area contributed by atoms with E-state index in [1.807, 2.05) is 6.92 Å². The van der Waals surface area contributed by atoms with E-state index in [1.165, 1.54) is 12.8 Å². The number of carbonyl (C=O) groups is 2. The maximum absolute atomic E-state index is 11.9. The maximum Gasteiger partial charge on any atom is 0.239 e. The van der Waals surface area contributed by atoms with Crippen LogP contribution in [0.1, 0.15) is 39.0 Å². The summed E-state index contributed by atoms with van der Waals surface area (Å²) in [4.78, 5) is 22.9. The van der Waals surface area contributed by atoms with Crippen LogP contribution < -0.4 is 16.4 Å². The second kappa shape index (κ2) is 6.54. The van der Waals surface area contributed by atoms with E-state index in [0.717, 1.165) is 25.9 Å². The average Bonchev–Trinajstić information content (AvgIpc) is 2.96. The highest BCUT2D eigenvalue weighted by Crippen LogP contribution is 2.54. The second-order valence-electron chi connectivity index (χ2n) is 5.72. The van der Waals surface area contributed by atoms with Crippen LogP contribution in [0.4, 0.5) is 0 Å². The summed E-state index contributed by atoms with van der Waals surface area (Å²) in [6.45, 7) is 2.64. The Balaban J connectivity index is 1.84. The van der Waals surface area contributed by atoms with Gasteiger partial charge in [0, 0.05) is 18.1 Å². The van der Waals surface area contributed by atoms with Crippen molar-refractivity contribution < 1.29 is 14.3 Å². The molecule has 2 saturated carbocycles. The fourth-order valence-corrected chi connectivity index (χ4v) is 3.59. The van der Waals surface area contributed by atoms with E-state index in [9.17, 15) is 9.59 Å². The Labute approximate surface area is 119 Å². The molecule has 6 heteroatoms. The van der Waals surface area contributed by atoms with Crippen LogP contribution in [0.25, 0.3) is 0 Å². The Morgan fingerprint density at radius 1 is 1.30 bits per heavy atom. The molecule has 1 spiro atoms. The van der Waals surface area contributed by atoms with Crippen molar-refractivity contribution in [2.24, 2.45) is 11.1 Å². The van der Waals surface area contributed by atoms with Gasteiger partial charge in [0.2, 0.25) is 11.8 Å². The summed E-state index contributed by atoms with van der Waals surface area (Å²) in [7, 11) is 0. The molecule has 0 aromatic heterocycles. The minimum Gasteiger partial charge on any atom is -0.378 e. The third-order valence-corrected chi connectivity index (χ3v) is 4.65. The number of ether oxygens (including phenoxy) is 1. The lowest BCUT2D eigenvalue weighted by Gasteiger charge is -2.54. The van der Waals surface area contributed by atoms with Crippen LogP contribution >= 0.6 is 0 Å². The molecule has 114 valence electrons. The normalized spacial score (nSPS) is 27.1. The summed E-state index contributed by atoms with van der Waals surface area (Å²) >= 11 is 0. The maximum atomic E-state index is 11.9. The molecular formula is C14H25N3O3. The molecule has 0 heterocycles. The van der Waals surface area contributed by atoms with Gasteiger partial charge in [-0.25, -0.2) is 0 Å². The van der Waals surface area contributed by atoms with E-state index in [1.54, 1.807) is 0 Å². The summed E-state index contributed by atoms with van der Waals surface area (Å²) in [6, 6.07) is 0.184. The van der Waals surface area contributed by atoms with Gasteiger partial charge in [-0.1, -0.05) is 12.8 Å². The van der Waals surface area contributed by atoms with Gasteiger partial charge in [-0.2, -0.15) is 0 Å². The summed E-state index contributed by atoms with van der Waals surface area (Å²) in [5.41, 5.74) is 5.31. The molecular weight excluding hydrogens is 258 g/mol. The summed E-state index contributed by atoms with van der Waals surface area (Å²) in [5, 5.41) is 5.54. The number of rotatable bonds is 6. The number of nitrogens with one attached hydrogen (secondary N) is 2. The molecule has 0 saturated heterocycles. The van der Waals surface area contributed by atoms with Crippen molar-refractivity contribution in [3.05, 3.63) is 0 Å². The van der Waals surface area contributed by atoms with Crippen LogP contribution in [-0.4, -0.2) is 43.7 Å². The van der Waals surface area contributed by atoms with Gasteiger partial charge in [-0.05, 0) is 26.2 Å². The lowest BCUT2D eigenvalue weighted by atomic mass is 9.60. The Hall–Kier alpha value is -1.14. The van der Waals surface area contributed by atoms with Crippen molar-refractivity contribution in [1.29, 1.82) is 0 Å². The van der Waals surface area contributed by atoms with Gasteiger partial charge in [0.05, 0.1) is 19.2 Å². The van der Waals surface area contributed by atoms with Gasteiger partial charge in [0.15, 0.2) is 0 Å². The SMILES string of the molecule is CCOC1CC(NC(=O)CNC(=O)CN)C12CCCC2. The number of carbonyl (C=O) groups excluding carboxylic acids is 2. The zero-order valence-electron chi connectivity index (χ0n) is 12.1. The first kappa shape index (κ1) is 15.3. The Morgan fingerprint density at radius 3 is 2.60 bits per heavy atom. The van der Waals surface area contributed by atoms with Crippen LogP contribution in [0.15, 0.2) is 0 Å². The van der Waals surface area contributed by atoms with Gasteiger partial charge in [0.1, 0.15) is 0 Å². The predicted octanol–water partition coefficient (Wildman–Crippen LogP) is -0.0847. The van der Waals surface area contributed by atoms with Crippen LogP contribution in [0.5, 0.6) is 0 Å². The predicted molar refractivity (Wildman–Crippen MR) is 74.9 cm³/mol. The average molecular weight is 283 g/mol. The molecule has 2 rings (SSSR count). The zero-order chi connectivity index (χ0) is 14.6. The smallest absolute Gasteiger partial charge is 0.239 e. The van der Waals surface area contributed by atoms with Gasteiger partial charge >= 0.3 is 0 Å². The molecule has 0 aromatic carbocycles. The van der Waals surface area contributed by atoms with Crippen LogP contribution in [0.3, 0.4) is 0 Å². The minimum atomic E-state index is -0.309. The first-order valence-corrected chi connectivity index (χ1v) is 7.50. The lowest BCUT2D eigenvalue weighted by Crippen LogP contribution is -2.64. The van der Waals surface area contributed by atoms with Gasteiger partial charge < -0.3 is 21.1 Å². The van der Waals surface area contributed by atoms with Gasteiger partial charge in [-0.3, -0.25) is 9.59 Å². The molecule has 2 aliphatic rings. The van der Waals surface area contributed by atoms with E-state index in [-0.39, 0.29) is 42.5 Å². The monoisotopic (exact) mass is 283 g/mol. The van der Waals surface area contributed by atoms with Crippen LogP contribution in [-0.2, 0) is 14.3 Å². The number of hydrogen-bond acceptors (Lipinski definition) is 4. The highest BCUT2D eigenvalue weighted by molar-refractivity contribution is 5.85. The molecule has 2 amide bonds. The van der Waals surface area contributed by atoms with Crippen molar-refractivity contribution in [2.75, 3.05) is 19.7 Å².